The van der Waals surface area contributed by atoms with Gasteiger partial charge in [-0.2, -0.15) is 0 Å². The fourth-order valence-corrected chi connectivity index (χ4v) is 1.89. The highest BCUT2D eigenvalue weighted by molar-refractivity contribution is 5.91. The summed E-state index contributed by atoms with van der Waals surface area (Å²) in [5.41, 5.74) is 2.06. The van der Waals surface area contributed by atoms with Crippen LogP contribution in [-0.2, 0) is 11.2 Å². The molecule has 0 radical (unpaired) electrons. The van der Waals surface area contributed by atoms with E-state index in [0.717, 1.165) is 17.5 Å². The highest BCUT2D eigenvalue weighted by Crippen LogP contribution is 2.30. The van der Waals surface area contributed by atoms with E-state index in [0.29, 0.717) is 12.0 Å². The Morgan fingerprint density at radius 2 is 2.13 bits per heavy atom. The van der Waals surface area contributed by atoms with Crippen LogP contribution in [-0.4, -0.2) is 17.2 Å². The monoisotopic (exact) mass is 206 g/mol. The second-order valence-corrected chi connectivity index (χ2v) is 3.56. The van der Waals surface area contributed by atoms with Crippen LogP contribution in [0.5, 0.6) is 0 Å². The van der Waals surface area contributed by atoms with E-state index < -0.39 is 12.1 Å². The molecule has 1 aliphatic rings. The summed E-state index contributed by atoms with van der Waals surface area (Å²) < 4.78 is 13.4. The number of alkyl halides is 1. The van der Waals surface area contributed by atoms with Crippen molar-refractivity contribution in [3.63, 3.8) is 0 Å². The number of hydrogen-bond donors (Lipinski definition) is 1. The smallest absolute Gasteiger partial charge is 0.343 e. The van der Waals surface area contributed by atoms with Gasteiger partial charge in [0, 0.05) is 5.57 Å². The van der Waals surface area contributed by atoms with Gasteiger partial charge in [0.25, 0.3) is 0 Å². The molecule has 1 N–H and O–H groups in total. The van der Waals surface area contributed by atoms with Gasteiger partial charge in [-0.25, -0.2) is 9.18 Å². The number of rotatable bonds is 2. The summed E-state index contributed by atoms with van der Waals surface area (Å²) in [4.78, 5) is 10.6. The highest BCUT2D eigenvalue weighted by Gasteiger charge is 2.25. The number of fused-ring (bicyclic) bond motifs is 1. The van der Waals surface area contributed by atoms with Crippen LogP contribution in [0.2, 0.25) is 0 Å². The Morgan fingerprint density at radius 1 is 1.40 bits per heavy atom. The summed E-state index contributed by atoms with van der Waals surface area (Å²) >= 11 is 0. The van der Waals surface area contributed by atoms with Crippen molar-refractivity contribution in [2.24, 2.45) is 0 Å². The summed E-state index contributed by atoms with van der Waals surface area (Å²) in [6, 6.07) is 7.37. The Balaban J connectivity index is 2.42. The molecule has 78 valence electrons. The molecule has 1 aromatic carbocycles. The normalized spacial score (nSPS) is 16.5. The molecule has 0 amide bonds. The lowest BCUT2D eigenvalue weighted by molar-refractivity contribution is -0.140. The number of allylic oxidation sites excluding steroid dienone is 1. The lowest BCUT2D eigenvalue weighted by Crippen LogP contribution is -2.18. The second-order valence-electron chi connectivity index (χ2n) is 3.56. The molecule has 0 aromatic heterocycles. The van der Waals surface area contributed by atoms with Crippen LogP contribution >= 0.6 is 0 Å². The first kappa shape index (κ1) is 9.90. The number of hydrogen-bond acceptors (Lipinski definition) is 1. The number of carboxylic acids is 1. The van der Waals surface area contributed by atoms with E-state index in [1.165, 1.54) is 0 Å². The van der Waals surface area contributed by atoms with Crippen molar-refractivity contribution in [3.05, 3.63) is 41.5 Å². The largest absolute Gasteiger partial charge is 0.479 e. The number of aryl methyl sites for hydroxylation is 1. The van der Waals surface area contributed by atoms with Crippen molar-refractivity contribution in [2.75, 3.05) is 0 Å². The summed E-state index contributed by atoms with van der Waals surface area (Å²) in [5, 5.41) is 8.64. The highest BCUT2D eigenvalue weighted by atomic mass is 19.1. The predicted molar refractivity (Wildman–Crippen MR) is 55.3 cm³/mol. The molecule has 3 heteroatoms. The van der Waals surface area contributed by atoms with Gasteiger partial charge < -0.3 is 5.11 Å². The molecular weight excluding hydrogens is 195 g/mol. The molecular formula is C12H11FO2. The first-order valence-electron chi connectivity index (χ1n) is 4.85. The minimum Gasteiger partial charge on any atom is -0.479 e. The summed E-state index contributed by atoms with van der Waals surface area (Å²) in [6.45, 7) is 0. The first-order valence-corrected chi connectivity index (χ1v) is 4.85. The summed E-state index contributed by atoms with van der Waals surface area (Å²) in [7, 11) is 0. The SMILES string of the molecule is O=C(O)C(F)C1=CCCc2ccccc21. The number of benzene rings is 1. The molecule has 1 unspecified atom stereocenters. The lowest BCUT2D eigenvalue weighted by atomic mass is 9.88. The molecule has 2 nitrogen and oxygen atoms in total. The maximum absolute atomic E-state index is 13.4. The zero-order chi connectivity index (χ0) is 10.8. The molecule has 1 aromatic rings. The van der Waals surface area contributed by atoms with Gasteiger partial charge in [0.15, 0.2) is 0 Å². The van der Waals surface area contributed by atoms with Crippen LogP contribution in [0.25, 0.3) is 5.57 Å². The van der Waals surface area contributed by atoms with Crippen molar-refractivity contribution >= 4 is 11.5 Å². The molecule has 0 heterocycles. The Kier molecular flexibility index (Phi) is 2.54. The van der Waals surface area contributed by atoms with Crippen LogP contribution in [0.1, 0.15) is 17.5 Å². The van der Waals surface area contributed by atoms with Crippen molar-refractivity contribution in [1.29, 1.82) is 0 Å². The van der Waals surface area contributed by atoms with E-state index in [-0.39, 0.29) is 0 Å². The van der Waals surface area contributed by atoms with Crippen molar-refractivity contribution in [3.8, 4) is 0 Å². The van der Waals surface area contributed by atoms with Crippen LogP contribution in [0.4, 0.5) is 4.39 Å². The van der Waals surface area contributed by atoms with Gasteiger partial charge in [-0.1, -0.05) is 30.3 Å². The quantitative estimate of drug-likeness (QED) is 0.806. The zero-order valence-electron chi connectivity index (χ0n) is 8.11. The maximum atomic E-state index is 13.4. The van der Waals surface area contributed by atoms with Gasteiger partial charge in [0.1, 0.15) is 0 Å². The first-order chi connectivity index (χ1) is 7.20. The molecule has 2 rings (SSSR count). The third-order valence-corrected chi connectivity index (χ3v) is 2.60. The number of halogens is 1. The van der Waals surface area contributed by atoms with Gasteiger partial charge in [0.05, 0.1) is 0 Å². The van der Waals surface area contributed by atoms with Crippen LogP contribution in [0.15, 0.2) is 30.3 Å². The Bertz CT molecular complexity index is 423. The van der Waals surface area contributed by atoms with Crippen LogP contribution < -0.4 is 0 Å². The average Bonchev–Trinajstić information content (AvgIpc) is 2.27. The van der Waals surface area contributed by atoms with Crippen molar-refractivity contribution in [1.82, 2.24) is 0 Å². The van der Waals surface area contributed by atoms with Crippen LogP contribution in [0, 0.1) is 0 Å². The third-order valence-electron chi connectivity index (χ3n) is 2.60. The molecule has 1 atom stereocenters. The Labute approximate surface area is 87.0 Å². The van der Waals surface area contributed by atoms with E-state index in [1.54, 1.807) is 18.2 Å². The molecule has 0 saturated carbocycles. The topological polar surface area (TPSA) is 37.3 Å². The minimum atomic E-state index is -1.91. The molecule has 0 bridgehead atoms. The fraction of sp³-hybridized carbons (Fsp3) is 0.250. The van der Waals surface area contributed by atoms with E-state index in [4.69, 9.17) is 5.11 Å². The van der Waals surface area contributed by atoms with E-state index >= 15 is 0 Å². The molecule has 0 saturated heterocycles. The van der Waals surface area contributed by atoms with Gasteiger partial charge in [0.2, 0.25) is 6.17 Å². The number of aliphatic carboxylic acids is 1. The summed E-state index contributed by atoms with van der Waals surface area (Å²) in [5.74, 6) is -1.42. The van der Waals surface area contributed by atoms with E-state index in [2.05, 4.69) is 0 Å². The third kappa shape index (κ3) is 1.77. The van der Waals surface area contributed by atoms with Gasteiger partial charge in [-0.05, 0) is 24.0 Å². The second kappa shape index (κ2) is 3.85. The van der Waals surface area contributed by atoms with E-state index in [1.807, 2.05) is 12.1 Å². The summed E-state index contributed by atoms with van der Waals surface area (Å²) in [6.07, 6.45) is 1.33. The predicted octanol–water partition coefficient (Wildman–Crippen LogP) is 2.44. The van der Waals surface area contributed by atoms with Gasteiger partial charge >= 0.3 is 5.97 Å². The zero-order valence-corrected chi connectivity index (χ0v) is 8.11. The molecule has 15 heavy (non-hydrogen) atoms. The minimum absolute atomic E-state index is 0.296. The van der Waals surface area contributed by atoms with Crippen molar-refractivity contribution < 1.29 is 14.3 Å². The molecule has 1 aliphatic carbocycles. The van der Waals surface area contributed by atoms with Crippen LogP contribution in [0.3, 0.4) is 0 Å². The average molecular weight is 206 g/mol. The maximum Gasteiger partial charge on any atom is 0.343 e. The Hall–Kier alpha value is -1.64. The van der Waals surface area contributed by atoms with E-state index in [9.17, 15) is 9.18 Å². The number of carbonyl (C=O) groups is 1. The van der Waals surface area contributed by atoms with Crippen molar-refractivity contribution in [2.45, 2.75) is 19.0 Å². The van der Waals surface area contributed by atoms with Gasteiger partial charge in [-0.15, -0.1) is 0 Å². The van der Waals surface area contributed by atoms with Gasteiger partial charge in [-0.3, -0.25) is 0 Å². The lowest BCUT2D eigenvalue weighted by Gasteiger charge is -2.18. The Morgan fingerprint density at radius 3 is 2.87 bits per heavy atom. The molecule has 0 spiro atoms. The molecule has 0 fully saturated rings. The molecule has 0 aliphatic heterocycles. The number of carboxylic acid groups (broad SMARTS) is 1. The fourth-order valence-electron chi connectivity index (χ4n) is 1.89. The standard InChI is InChI=1S/C12H11FO2/c13-11(12(14)15)10-7-3-5-8-4-1-2-6-9(8)10/h1-2,4,6-7,11H,3,5H2,(H,14,15).